The molecule has 0 heterocycles. The van der Waals surface area contributed by atoms with Crippen LogP contribution in [0.2, 0.25) is 0 Å². The minimum atomic E-state index is -0.936. The van der Waals surface area contributed by atoms with Gasteiger partial charge in [-0.25, -0.2) is 0 Å². The fourth-order valence-electron chi connectivity index (χ4n) is 1.06. The summed E-state index contributed by atoms with van der Waals surface area (Å²) in [6, 6.07) is 8.11. The average Bonchev–Trinajstić information content (AvgIpc) is 2.26. The number of rotatable bonds is 5. The highest BCUT2D eigenvalue weighted by atomic mass is 16.2. The Hall–Kier alpha value is -2.08. The third kappa shape index (κ3) is 3.97. The Kier molecular flexibility index (Phi) is 4.28. The van der Waals surface area contributed by atoms with Gasteiger partial charge in [-0.15, -0.1) is 0 Å². The molecule has 1 aromatic rings. The van der Waals surface area contributed by atoms with E-state index in [1.54, 1.807) is 12.1 Å². The molecule has 0 bridgehead atoms. The molecular weight excluding hydrogens is 208 g/mol. The number of carbonyl (C=O) groups excluding carboxylic acids is 2. The van der Waals surface area contributed by atoms with Crippen LogP contribution in [0.25, 0.3) is 0 Å². The van der Waals surface area contributed by atoms with Crippen LogP contribution in [0.15, 0.2) is 30.3 Å². The smallest absolute Gasteiger partial charge is 0.255 e. The third-order valence-electron chi connectivity index (χ3n) is 1.86. The van der Waals surface area contributed by atoms with Gasteiger partial charge in [-0.05, 0) is 12.1 Å². The number of nitrogens with one attached hydrogen (secondary N) is 2. The van der Waals surface area contributed by atoms with Crippen LogP contribution in [0, 0.1) is 0 Å². The first-order chi connectivity index (χ1) is 7.59. The SMILES string of the molecule is NC(=O)C[C@H](N)C(=O)NNc1ccccc1. The van der Waals surface area contributed by atoms with E-state index in [0.717, 1.165) is 5.69 Å². The van der Waals surface area contributed by atoms with E-state index >= 15 is 0 Å². The summed E-state index contributed by atoms with van der Waals surface area (Å²) in [7, 11) is 0. The van der Waals surface area contributed by atoms with E-state index < -0.39 is 17.9 Å². The van der Waals surface area contributed by atoms with E-state index in [1.807, 2.05) is 18.2 Å². The van der Waals surface area contributed by atoms with Gasteiger partial charge in [-0.3, -0.25) is 20.4 Å². The zero-order valence-electron chi connectivity index (χ0n) is 8.64. The lowest BCUT2D eigenvalue weighted by Gasteiger charge is -2.12. The fraction of sp³-hybridized carbons (Fsp3) is 0.200. The monoisotopic (exact) mass is 222 g/mol. The molecule has 0 aliphatic rings. The normalized spacial score (nSPS) is 11.6. The Bertz CT molecular complexity index is 366. The van der Waals surface area contributed by atoms with E-state index in [1.165, 1.54) is 0 Å². The number of hydrogen-bond donors (Lipinski definition) is 4. The third-order valence-corrected chi connectivity index (χ3v) is 1.86. The van der Waals surface area contributed by atoms with Crippen molar-refractivity contribution in [3.8, 4) is 0 Å². The van der Waals surface area contributed by atoms with Gasteiger partial charge >= 0.3 is 0 Å². The molecule has 1 atom stereocenters. The molecule has 0 saturated heterocycles. The maximum absolute atomic E-state index is 11.3. The lowest BCUT2D eigenvalue weighted by molar-refractivity contribution is -0.126. The fourth-order valence-corrected chi connectivity index (χ4v) is 1.06. The van der Waals surface area contributed by atoms with Crippen molar-refractivity contribution < 1.29 is 9.59 Å². The van der Waals surface area contributed by atoms with E-state index in [0.29, 0.717) is 0 Å². The number of para-hydroxylation sites is 1. The molecule has 1 rings (SSSR count). The molecule has 0 radical (unpaired) electrons. The summed E-state index contributed by atoms with van der Waals surface area (Å²) in [6.07, 6.45) is -0.178. The van der Waals surface area contributed by atoms with E-state index in [2.05, 4.69) is 10.9 Å². The van der Waals surface area contributed by atoms with Crippen LogP contribution in [0.3, 0.4) is 0 Å². The number of anilines is 1. The van der Waals surface area contributed by atoms with Gasteiger partial charge in [0, 0.05) is 0 Å². The van der Waals surface area contributed by atoms with Crippen LogP contribution in [0.4, 0.5) is 5.69 Å². The summed E-state index contributed by atoms with van der Waals surface area (Å²) in [5.74, 6) is -1.09. The van der Waals surface area contributed by atoms with Crippen LogP contribution in [0.1, 0.15) is 6.42 Å². The average molecular weight is 222 g/mol. The standard InChI is InChI=1S/C10H14N4O2/c11-8(6-9(12)15)10(16)14-13-7-4-2-1-3-5-7/h1-5,8,13H,6,11H2,(H2,12,15)(H,14,16)/t8-/m0/s1. The summed E-state index contributed by atoms with van der Waals surface area (Å²) in [5.41, 5.74) is 16.1. The van der Waals surface area contributed by atoms with E-state index in [9.17, 15) is 9.59 Å². The summed E-state index contributed by atoms with van der Waals surface area (Å²) in [5, 5.41) is 0. The maximum Gasteiger partial charge on any atom is 0.255 e. The zero-order chi connectivity index (χ0) is 12.0. The number of carbonyl (C=O) groups is 2. The Morgan fingerprint density at radius 2 is 1.88 bits per heavy atom. The molecule has 0 fully saturated rings. The van der Waals surface area contributed by atoms with Crippen LogP contribution in [0.5, 0.6) is 0 Å². The van der Waals surface area contributed by atoms with E-state index in [-0.39, 0.29) is 6.42 Å². The minimum absolute atomic E-state index is 0.178. The molecule has 0 aliphatic heterocycles. The van der Waals surface area contributed by atoms with Crippen molar-refractivity contribution in [3.05, 3.63) is 30.3 Å². The molecule has 0 spiro atoms. The molecule has 16 heavy (non-hydrogen) atoms. The number of nitrogens with two attached hydrogens (primary N) is 2. The highest BCUT2D eigenvalue weighted by Crippen LogP contribution is 2.02. The number of amides is 2. The van der Waals surface area contributed by atoms with Gasteiger partial charge in [-0.1, -0.05) is 18.2 Å². The van der Waals surface area contributed by atoms with Gasteiger partial charge in [0.1, 0.15) is 0 Å². The lowest BCUT2D eigenvalue weighted by Crippen LogP contribution is -2.45. The van der Waals surface area contributed by atoms with Gasteiger partial charge in [0.05, 0.1) is 18.2 Å². The van der Waals surface area contributed by atoms with Crippen molar-refractivity contribution in [3.63, 3.8) is 0 Å². The summed E-state index contributed by atoms with van der Waals surface area (Å²) < 4.78 is 0. The topological polar surface area (TPSA) is 110 Å². The Morgan fingerprint density at radius 3 is 2.44 bits per heavy atom. The Labute approximate surface area is 93.0 Å². The molecule has 86 valence electrons. The number of hydrogen-bond acceptors (Lipinski definition) is 4. The van der Waals surface area contributed by atoms with Crippen LogP contribution < -0.4 is 22.3 Å². The molecule has 6 nitrogen and oxygen atoms in total. The molecule has 2 amide bonds. The lowest BCUT2D eigenvalue weighted by atomic mass is 10.2. The highest BCUT2D eigenvalue weighted by Gasteiger charge is 2.15. The first-order valence-electron chi connectivity index (χ1n) is 4.74. The Balaban J connectivity index is 2.38. The first-order valence-corrected chi connectivity index (χ1v) is 4.74. The second kappa shape index (κ2) is 5.72. The number of primary amides is 1. The van der Waals surface area contributed by atoms with Crippen molar-refractivity contribution in [1.29, 1.82) is 0 Å². The van der Waals surface area contributed by atoms with E-state index in [4.69, 9.17) is 11.5 Å². The summed E-state index contributed by atoms with van der Waals surface area (Å²) >= 11 is 0. The number of benzene rings is 1. The van der Waals surface area contributed by atoms with Gasteiger partial charge in [0.15, 0.2) is 0 Å². The predicted molar refractivity (Wildman–Crippen MR) is 60.0 cm³/mol. The van der Waals surface area contributed by atoms with Gasteiger partial charge in [0.25, 0.3) is 5.91 Å². The Morgan fingerprint density at radius 1 is 1.25 bits per heavy atom. The molecule has 1 aromatic carbocycles. The van der Waals surface area contributed by atoms with Crippen LogP contribution in [-0.4, -0.2) is 17.9 Å². The van der Waals surface area contributed by atoms with Crippen LogP contribution >= 0.6 is 0 Å². The largest absolute Gasteiger partial charge is 0.370 e. The minimum Gasteiger partial charge on any atom is -0.370 e. The van der Waals surface area contributed by atoms with Crippen molar-refractivity contribution in [2.45, 2.75) is 12.5 Å². The van der Waals surface area contributed by atoms with Gasteiger partial charge in [0.2, 0.25) is 5.91 Å². The molecule has 6 heteroatoms. The van der Waals surface area contributed by atoms with Crippen LogP contribution in [-0.2, 0) is 9.59 Å². The molecular formula is C10H14N4O2. The maximum atomic E-state index is 11.3. The van der Waals surface area contributed by atoms with Crippen molar-refractivity contribution in [2.24, 2.45) is 11.5 Å². The molecule has 0 aromatic heterocycles. The van der Waals surface area contributed by atoms with Crippen molar-refractivity contribution >= 4 is 17.5 Å². The second-order valence-corrected chi connectivity index (χ2v) is 3.26. The molecule has 6 N–H and O–H groups in total. The van der Waals surface area contributed by atoms with Crippen molar-refractivity contribution in [1.82, 2.24) is 5.43 Å². The predicted octanol–water partition coefficient (Wildman–Crippen LogP) is -0.668. The number of hydrazine groups is 1. The van der Waals surface area contributed by atoms with Gasteiger partial charge < -0.3 is 11.5 Å². The first kappa shape index (κ1) is 12.0. The zero-order valence-corrected chi connectivity index (χ0v) is 8.64. The van der Waals surface area contributed by atoms with Crippen molar-refractivity contribution in [2.75, 3.05) is 5.43 Å². The second-order valence-electron chi connectivity index (χ2n) is 3.26. The quantitative estimate of drug-likeness (QED) is 0.495. The molecule has 0 aliphatic carbocycles. The highest BCUT2D eigenvalue weighted by molar-refractivity contribution is 5.88. The summed E-state index contributed by atoms with van der Waals surface area (Å²) in [6.45, 7) is 0. The molecule has 0 unspecified atom stereocenters. The molecule has 0 saturated carbocycles. The summed E-state index contributed by atoms with van der Waals surface area (Å²) in [4.78, 5) is 21.9. The van der Waals surface area contributed by atoms with Gasteiger partial charge in [-0.2, -0.15) is 0 Å².